The van der Waals surface area contributed by atoms with Gasteiger partial charge in [0.05, 0.1) is 10.9 Å². The van der Waals surface area contributed by atoms with Gasteiger partial charge in [-0.05, 0) is 56.5 Å². The molecule has 2 atom stereocenters. The third-order valence-electron chi connectivity index (χ3n) is 5.68. The number of amides is 2. The quantitative estimate of drug-likeness (QED) is 0.732. The number of hydrogen-bond acceptors (Lipinski definition) is 5. The Hall–Kier alpha value is -2.93. The number of aliphatic imine (C=N–C) groups is 2. The van der Waals surface area contributed by atoms with E-state index in [4.69, 9.17) is 4.99 Å². The summed E-state index contributed by atoms with van der Waals surface area (Å²) in [4.78, 5) is 36.7. The van der Waals surface area contributed by atoms with E-state index in [0.717, 1.165) is 34.5 Å². The maximum absolute atomic E-state index is 13.0. The predicted molar refractivity (Wildman–Crippen MR) is 127 cm³/mol. The van der Waals surface area contributed by atoms with Gasteiger partial charge in [0.2, 0.25) is 5.91 Å². The van der Waals surface area contributed by atoms with Gasteiger partial charge in [0.1, 0.15) is 11.9 Å². The Bertz CT molecular complexity index is 1110. The van der Waals surface area contributed by atoms with Crippen LogP contribution >= 0.6 is 11.8 Å². The van der Waals surface area contributed by atoms with E-state index in [1.807, 2.05) is 75.1 Å². The Labute approximate surface area is 186 Å². The minimum absolute atomic E-state index is 0.101. The molecule has 0 fully saturated rings. The molecule has 0 saturated carbocycles. The van der Waals surface area contributed by atoms with Crippen LogP contribution < -0.4 is 5.32 Å². The molecule has 6 nitrogen and oxygen atoms in total. The molecule has 2 heterocycles. The van der Waals surface area contributed by atoms with Crippen LogP contribution in [0.5, 0.6) is 0 Å². The lowest BCUT2D eigenvalue weighted by Crippen LogP contribution is -2.44. The number of amidine groups is 2. The summed E-state index contributed by atoms with van der Waals surface area (Å²) < 4.78 is 0. The number of para-hydroxylation sites is 1. The number of hydrogen-bond donors (Lipinski definition) is 1. The molecule has 0 spiro atoms. The normalized spacial score (nSPS) is 18.1. The lowest BCUT2D eigenvalue weighted by molar-refractivity contribution is -0.119. The molecule has 0 saturated heterocycles. The maximum Gasteiger partial charge on any atom is 0.270 e. The fraction of sp³-hybridized carbons (Fsp3) is 0.333. The predicted octanol–water partition coefficient (Wildman–Crippen LogP) is 4.82. The van der Waals surface area contributed by atoms with Crippen molar-refractivity contribution in [2.45, 2.75) is 51.8 Å². The first-order valence-corrected chi connectivity index (χ1v) is 11.4. The van der Waals surface area contributed by atoms with Gasteiger partial charge in [-0.3, -0.25) is 14.5 Å². The van der Waals surface area contributed by atoms with Crippen molar-refractivity contribution in [1.29, 1.82) is 0 Å². The molecule has 0 bridgehead atoms. The second kappa shape index (κ2) is 8.67. The van der Waals surface area contributed by atoms with E-state index >= 15 is 0 Å². The van der Waals surface area contributed by atoms with Gasteiger partial charge in [0, 0.05) is 11.3 Å². The molecule has 2 aromatic carbocycles. The molecular weight excluding hydrogens is 408 g/mol. The highest BCUT2D eigenvalue weighted by molar-refractivity contribution is 8.14. The number of anilines is 1. The monoisotopic (exact) mass is 434 g/mol. The lowest BCUT2D eigenvalue weighted by atomic mass is 10.1. The maximum atomic E-state index is 13.0. The number of carbonyl (C=O) groups is 2. The number of nitrogens with zero attached hydrogens (tertiary/aromatic N) is 3. The highest BCUT2D eigenvalue weighted by atomic mass is 32.2. The Morgan fingerprint density at radius 1 is 1.16 bits per heavy atom. The molecule has 2 aromatic rings. The summed E-state index contributed by atoms with van der Waals surface area (Å²) >= 11 is 1.36. The number of rotatable bonds is 5. The Morgan fingerprint density at radius 3 is 2.71 bits per heavy atom. The molecule has 0 radical (unpaired) electrons. The molecule has 2 aliphatic rings. The number of nitrogens with one attached hydrogen (secondary N) is 1. The fourth-order valence-corrected chi connectivity index (χ4v) is 4.72. The molecular formula is C24H26N4O2S. The Balaban J connectivity index is 1.61. The van der Waals surface area contributed by atoms with Gasteiger partial charge in [-0.2, -0.15) is 4.99 Å². The van der Waals surface area contributed by atoms with Crippen LogP contribution in [-0.4, -0.2) is 39.0 Å². The van der Waals surface area contributed by atoms with E-state index in [1.54, 1.807) is 0 Å². The summed E-state index contributed by atoms with van der Waals surface area (Å²) in [5.74, 6) is 0.393. The average molecular weight is 435 g/mol. The number of aryl methyl sites for hydroxylation is 1. The van der Waals surface area contributed by atoms with Gasteiger partial charge in [0.25, 0.3) is 5.91 Å². The van der Waals surface area contributed by atoms with Crippen molar-refractivity contribution in [3.8, 4) is 0 Å². The second-order valence-electron chi connectivity index (χ2n) is 7.86. The van der Waals surface area contributed by atoms with Crippen molar-refractivity contribution in [3.05, 3.63) is 59.2 Å². The van der Waals surface area contributed by atoms with E-state index in [0.29, 0.717) is 17.4 Å². The van der Waals surface area contributed by atoms with Crippen molar-refractivity contribution in [1.82, 2.24) is 4.90 Å². The first-order valence-electron chi connectivity index (χ1n) is 10.5. The van der Waals surface area contributed by atoms with Gasteiger partial charge >= 0.3 is 0 Å². The zero-order chi connectivity index (χ0) is 22.1. The zero-order valence-corrected chi connectivity index (χ0v) is 19.0. The number of fused-ring (bicyclic) bond motifs is 3. The summed E-state index contributed by atoms with van der Waals surface area (Å²) in [5, 5.41) is 3.28. The van der Waals surface area contributed by atoms with Gasteiger partial charge in [0.15, 0.2) is 5.17 Å². The van der Waals surface area contributed by atoms with Crippen molar-refractivity contribution in [3.63, 3.8) is 0 Å². The first kappa shape index (κ1) is 21.3. The van der Waals surface area contributed by atoms with E-state index in [9.17, 15) is 9.59 Å². The number of benzene rings is 2. The van der Waals surface area contributed by atoms with Crippen LogP contribution in [-0.2, 0) is 9.59 Å². The van der Waals surface area contributed by atoms with Crippen LogP contribution in [0.4, 0.5) is 11.4 Å². The van der Waals surface area contributed by atoms with Gasteiger partial charge < -0.3 is 5.32 Å². The third kappa shape index (κ3) is 4.02. The summed E-state index contributed by atoms with van der Waals surface area (Å²) in [7, 11) is 0. The molecule has 31 heavy (non-hydrogen) atoms. The molecule has 0 aliphatic carbocycles. The molecule has 160 valence electrons. The SMILES string of the molecule is CCCC1C(=O)N=C2c3ccccc3N=C(SC(C)C(=O)Nc3cccc(C)c3C)N21. The van der Waals surface area contributed by atoms with Crippen molar-refractivity contribution < 1.29 is 9.59 Å². The summed E-state index contributed by atoms with van der Waals surface area (Å²) in [6, 6.07) is 13.2. The van der Waals surface area contributed by atoms with Gasteiger partial charge in [-0.25, -0.2) is 4.99 Å². The van der Waals surface area contributed by atoms with E-state index < -0.39 is 5.25 Å². The largest absolute Gasteiger partial charge is 0.325 e. The van der Waals surface area contributed by atoms with Crippen LogP contribution in [0.15, 0.2) is 52.4 Å². The van der Waals surface area contributed by atoms with Crippen molar-refractivity contribution in [2.24, 2.45) is 9.98 Å². The fourth-order valence-electron chi connectivity index (χ4n) is 3.76. The van der Waals surface area contributed by atoms with E-state index in [-0.39, 0.29) is 17.9 Å². The van der Waals surface area contributed by atoms with Crippen LogP contribution in [0.2, 0.25) is 0 Å². The zero-order valence-electron chi connectivity index (χ0n) is 18.2. The highest BCUT2D eigenvalue weighted by Gasteiger charge is 2.41. The molecule has 2 aliphatic heterocycles. The second-order valence-corrected chi connectivity index (χ2v) is 9.16. The van der Waals surface area contributed by atoms with Crippen LogP contribution in [0.25, 0.3) is 0 Å². The first-order chi connectivity index (χ1) is 14.9. The molecule has 2 amide bonds. The minimum Gasteiger partial charge on any atom is -0.325 e. The molecule has 4 rings (SSSR count). The van der Waals surface area contributed by atoms with Crippen LogP contribution in [0, 0.1) is 13.8 Å². The van der Waals surface area contributed by atoms with Crippen molar-refractivity contribution in [2.75, 3.05) is 5.32 Å². The summed E-state index contributed by atoms with van der Waals surface area (Å²) in [5.41, 5.74) is 4.62. The van der Waals surface area contributed by atoms with Gasteiger partial charge in [-0.1, -0.05) is 49.4 Å². The molecule has 2 unspecified atom stereocenters. The third-order valence-corrected chi connectivity index (χ3v) is 6.75. The van der Waals surface area contributed by atoms with E-state index in [1.165, 1.54) is 11.8 Å². The Kier molecular flexibility index (Phi) is 5.96. The molecule has 7 heteroatoms. The lowest BCUT2D eigenvalue weighted by Gasteiger charge is -2.31. The Morgan fingerprint density at radius 2 is 1.94 bits per heavy atom. The van der Waals surface area contributed by atoms with Gasteiger partial charge in [-0.15, -0.1) is 0 Å². The smallest absolute Gasteiger partial charge is 0.270 e. The average Bonchev–Trinajstić information content (AvgIpc) is 3.08. The van der Waals surface area contributed by atoms with Crippen LogP contribution in [0.3, 0.4) is 0 Å². The van der Waals surface area contributed by atoms with E-state index in [2.05, 4.69) is 10.3 Å². The summed E-state index contributed by atoms with van der Waals surface area (Å²) in [6.45, 7) is 7.93. The molecule has 1 N–H and O–H groups in total. The topological polar surface area (TPSA) is 74.1 Å². The minimum atomic E-state index is -0.400. The highest BCUT2D eigenvalue weighted by Crippen LogP contribution is 2.36. The number of carbonyl (C=O) groups excluding carboxylic acids is 2. The number of thioether (sulfide) groups is 1. The van der Waals surface area contributed by atoms with Crippen molar-refractivity contribution >= 4 is 46.0 Å². The molecule has 0 aromatic heterocycles. The van der Waals surface area contributed by atoms with Crippen LogP contribution in [0.1, 0.15) is 43.4 Å². The standard InChI is InChI=1S/C24H26N4O2S/c1-5-9-20-23(30)27-21-17-11-6-7-12-19(17)26-24(28(20)21)31-16(4)22(29)25-18-13-8-10-14(2)15(18)3/h6-8,10-13,16,20H,5,9H2,1-4H3,(H,25,29). The summed E-state index contributed by atoms with van der Waals surface area (Å²) in [6.07, 6.45) is 1.55.